The number of sulfonamides is 1. The molecular weight excluding hydrogens is 613 g/mol. The number of alkyl halides is 3. The molecule has 44 heavy (non-hydrogen) atoms. The number of fused-ring (bicyclic) bond motifs is 1. The fourth-order valence-electron chi connectivity index (χ4n) is 3.77. The number of pyridine rings is 1. The van der Waals surface area contributed by atoms with E-state index in [4.69, 9.17) is 25.9 Å². The maximum Gasteiger partial charge on any atom is 0.490 e. The third-order valence-electron chi connectivity index (χ3n) is 5.90. The molecule has 0 spiro atoms. The van der Waals surface area contributed by atoms with Crippen LogP contribution in [0, 0.1) is 5.41 Å². The minimum atomic E-state index is -5.08. The van der Waals surface area contributed by atoms with Crippen LogP contribution in [-0.2, 0) is 29.2 Å². The van der Waals surface area contributed by atoms with E-state index in [9.17, 15) is 36.3 Å². The van der Waals surface area contributed by atoms with Gasteiger partial charge in [-0.15, -0.1) is 0 Å². The Kier molecular flexibility index (Phi) is 10.6. The highest BCUT2D eigenvalue weighted by Gasteiger charge is 2.38. The molecule has 18 heteroatoms. The zero-order valence-electron chi connectivity index (χ0n) is 22.4. The van der Waals surface area contributed by atoms with Gasteiger partial charge in [0.25, 0.3) is 0 Å². The van der Waals surface area contributed by atoms with Crippen molar-refractivity contribution in [3.63, 3.8) is 0 Å². The molecule has 2 heterocycles. The van der Waals surface area contributed by atoms with Crippen LogP contribution in [0.25, 0.3) is 10.9 Å². The lowest BCUT2D eigenvalue weighted by molar-refractivity contribution is -0.192. The zero-order valence-corrected chi connectivity index (χ0v) is 23.2. The number of amides is 1. The summed E-state index contributed by atoms with van der Waals surface area (Å²) in [4.78, 5) is 42.3. The van der Waals surface area contributed by atoms with Crippen LogP contribution in [0.4, 0.5) is 13.2 Å². The second-order valence-electron chi connectivity index (χ2n) is 9.12. The molecule has 0 bridgehead atoms. The number of aliphatic carboxylic acids is 2. The standard InChI is InChI=1S/C24H24N6O6S.C2HF3O2/c25-23(26)16-8-6-14(7-9-16)18-11-17(36-29-18)12-21(31)28-13-19(24(32)33)30-37(34,35)20-5-1-3-15-4-2-10-27-22(15)20;3-2(4,5)1(6)7/h1-10,17,19,30H,11-13H2,(H3,25,26)(H,28,31)(H,32,33);(H,6,7)/t17?,19-;/m0./s1. The molecule has 1 amide bonds. The summed E-state index contributed by atoms with van der Waals surface area (Å²) in [6.45, 7) is -0.474. The number of oxime groups is 1. The van der Waals surface area contributed by atoms with Gasteiger partial charge in [0.2, 0.25) is 15.9 Å². The Labute approximate surface area is 247 Å². The molecule has 4 rings (SSSR count). The van der Waals surface area contributed by atoms with E-state index in [0.29, 0.717) is 23.1 Å². The highest BCUT2D eigenvalue weighted by atomic mass is 32.2. The number of amidine groups is 1. The maximum atomic E-state index is 12.9. The van der Waals surface area contributed by atoms with E-state index in [1.54, 1.807) is 42.5 Å². The van der Waals surface area contributed by atoms with E-state index in [1.165, 1.54) is 18.3 Å². The predicted molar refractivity (Wildman–Crippen MR) is 148 cm³/mol. The summed E-state index contributed by atoms with van der Waals surface area (Å²) in [7, 11) is -4.26. The molecule has 1 unspecified atom stereocenters. The largest absolute Gasteiger partial charge is 0.490 e. The summed E-state index contributed by atoms with van der Waals surface area (Å²) in [5, 5.41) is 31.2. The van der Waals surface area contributed by atoms with Crippen molar-refractivity contribution < 1.29 is 51.0 Å². The molecule has 2 atom stereocenters. The molecule has 14 nitrogen and oxygen atoms in total. The number of carboxylic acids is 2. The number of hydrogen-bond donors (Lipinski definition) is 6. The average molecular weight is 639 g/mol. The summed E-state index contributed by atoms with van der Waals surface area (Å²) in [6.07, 6.45) is -3.97. The topological polar surface area (TPSA) is 234 Å². The van der Waals surface area contributed by atoms with Gasteiger partial charge in [0.15, 0.2) is 0 Å². The Morgan fingerprint density at radius 1 is 1.09 bits per heavy atom. The van der Waals surface area contributed by atoms with Crippen LogP contribution in [-0.4, -0.2) is 77.9 Å². The predicted octanol–water partition coefficient (Wildman–Crippen LogP) is 1.58. The first-order chi connectivity index (χ1) is 20.6. The first-order valence-electron chi connectivity index (χ1n) is 12.4. The summed E-state index contributed by atoms with van der Waals surface area (Å²) in [6, 6.07) is 13.2. The number of nitrogens with zero attached hydrogens (tertiary/aromatic N) is 2. The highest BCUT2D eigenvalue weighted by Crippen LogP contribution is 2.21. The number of halogens is 3. The van der Waals surface area contributed by atoms with Gasteiger partial charge in [-0.1, -0.05) is 47.6 Å². The fourth-order valence-corrected chi connectivity index (χ4v) is 5.14. The van der Waals surface area contributed by atoms with Crippen LogP contribution < -0.4 is 15.8 Å². The summed E-state index contributed by atoms with van der Waals surface area (Å²) < 4.78 is 59.7. The van der Waals surface area contributed by atoms with E-state index in [-0.39, 0.29) is 22.7 Å². The Morgan fingerprint density at radius 3 is 2.32 bits per heavy atom. The monoisotopic (exact) mass is 638 g/mol. The Balaban J connectivity index is 0.000000676. The first kappa shape index (κ1) is 33.4. The number of benzene rings is 2. The second-order valence-corrected chi connectivity index (χ2v) is 10.8. The molecule has 0 radical (unpaired) electrons. The molecule has 0 fully saturated rings. The fraction of sp³-hybridized carbons (Fsp3) is 0.231. The van der Waals surface area contributed by atoms with Gasteiger partial charge in [0.1, 0.15) is 22.9 Å². The van der Waals surface area contributed by atoms with E-state index >= 15 is 0 Å². The van der Waals surface area contributed by atoms with E-state index < -0.39 is 52.7 Å². The van der Waals surface area contributed by atoms with Crippen LogP contribution in [0.2, 0.25) is 0 Å². The quantitative estimate of drug-likeness (QED) is 0.139. The van der Waals surface area contributed by atoms with Gasteiger partial charge >= 0.3 is 18.1 Å². The van der Waals surface area contributed by atoms with Gasteiger partial charge in [0.05, 0.1) is 17.6 Å². The van der Waals surface area contributed by atoms with Gasteiger partial charge in [-0.25, -0.2) is 13.2 Å². The number of para-hydroxylation sites is 1. The molecule has 1 aromatic heterocycles. The molecule has 234 valence electrons. The number of nitrogens with one attached hydrogen (secondary N) is 3. The van der Waals surface area contributed by atoms with Crippen LogP contribution in [0.5, 0.6) is 0 Å². The lowest BCUT2D eigenvalue weighted by Crippen LogP contribution is -2.48. The molecule has 2 aromatic carbocycles. The zero-order chi connectivity index (χ0) is 32.7. The Bertz CT molecular complexity index is 1690. The van der Waals surface area contributed by atoms with E-state index in [2.05, 4.69) is 20.2 Å². The smallest absolute Gasteiger partial charge is 0.480 e. The number of rotatable bonds is 10. The van der Waals surface area contributed by atoms with Crippen molar-refractivity contribution in [3.05, 3.63) is 71.9 Å². The number of carbonyl (C=O) groups is 3. The Morgan fingerprint density at radius 2 is 1.73 bits per heavy atom. The minimum absolute atomic E-state index is 0.0542. The molecule has 1 aliphatic rings. The first-order valence-corrected chi connectivity index (χ1v) is 13.9. The van der Waals surface area contributed by atoms with Crippen LogP contribution in [0.15, 0.2) is 70.8 Å². The maximum absolute atomic E-state index is 12.9. The summed E-state index contributed by atoms with van der Waals surface area (Å²) in [5.74, 6) is -4.78. The SMILES string of the molecule is N=C(N)c1ccc(C2=NOC(CC(=O)NC[C@H](NS(=O)(=O)c3cccc4cccnc34)C(=O)O)C2)cc1.O=C(O)C(F)(F)F. The number of nitrogens with two attached hydrogens (primary N) is 1. The Hall–Kier alpha value is -5.10. The average Bonchev–Trinajstić information content (AvgIpc) is 3.43. The number of carboxylic acid groups (broad SMARTS) is 2. The van der Waals surface area contributed by atoms with Crippen molar-refractivity contribution in [1.29, 1.82) is 5.41 Å². The van der Waals surface area contributed by atoms with Crippen molar-refractivity contribution in [2.45, 2.75) is 36.1 Å². The third kappa shape index (κ3) is 8.95. The van der Waals surface area contributed by atoms with Crippen molar-refractivity contribution in [1.82, 2.24) is 15.0 Å². The number of nitrogen functional groups attached to an aromatic ring is 1. The lowest BCUT2D eigenvalue weighted by atomic mass is 10.0. The van der Waals surface area contributed by atoms with Crippen molar-refractivity contribution in [2.24, 2.45) is 10.9 Å². The number of carbonyl (C=O) groups excluding carboxylic acids is 1. The van der Waals surface area contributed by atoms with Crippen molar-refractivity contribution >= 4 is 50.3 Å². The van der Waals surface area contributed by atoms with Crippen LogP contribution in [0.3, 0.4) is 0 Å². The molecule has 1 aliphatic heterocycles. The minimum Gasteiger partial charge on any atom is -0.480 e. The van der Waals surface area contributed by atoms with Crippen LogP contribution >= 0.6 is 0 Å². The van der Waals surface area contributed by atoms with Gasteiger partial charge in [-0.05, 0) is 17.7 Å². The highest BCUT2D eigenvalue weighted by molar-refractivity contribution is 7.89. The second kappa shape index (κ2) is 13.9. The third-order valence-corrected chi connectivity index (χ3v) is 7.41. The van der Waals surface area contributed by atoms with Crippen molar-refractivity contribution in [3.8, 4) is 0 Å². The van der Waals surface area contributed by atoms with Crippen molar-refractivity contribution in [2.75, 3.05) is 6.54 Å². The molecule has 3 aromatic rings. The lowest BCUT2D eigenvalue weighted by Gasteiger charge is -2.17. The van der Waals surface area contributed by atoms with Gasteiger partial charge < -0.3 is 26.1 Å². The number of hydrogen-bond acceptors (Lipinski definition) is 9. The molecule has 0 saturated carbocycles. The molecule has 0 aliphatic carbocycles. The van der Waals surface area contributed by atoms with Gasteiger partial charge in [0, 0.05) is 30.1 Å². The molecule has 0 saturated heterocycles. The number of aromatic nitrogens is 1. The normalized spacial score (nSPS) is 15.2. The van der Waals surface area contributed by atoms with E-state index in [0.717, 1.165) is 5.56 Å². The summed E-state index contributed by atoms with van der Waals surface area (Å²) >= 11 is 0. The summed E-state index contributed by atoms with van der Waals surface area (Å²) in [5.41, 5.74) is 7.61. The van der Waals surface area contributed by atoms with Gasteiger partial charge in [-0.3, -0.25) is 20.0 Å². The van der Waals surface area contributed by atoms with Crippen LogP contribution in [0.1, 0.15) is 24.0 Å². The molecule has 7 N–H and O–H groups in total. The molecular formula is C26H25F3N6O8S. The van der Waals surface area contributed by atoms with E-state index in [1.807, 2.05) is 0 Å². The van der Waals surface area contributed by atoms with Gasteiger partial charge in [-0.2, -0.15) is 17.9 Å².